The molecule has 15 heavy (non-hydrogen) atoms. The molecule has 0 saturated carbocycles. The van der Waals surface area contributed by atoms with E-state index in [4.69, 9.17) is 5.11 Å². The Bertz CT molecular complexity index is 182. The van der Waals surface area contributed by atoms with Gasteiger partial charge in [-0.2, -0.15) is 0 Å². The predicted molar refractivity (Wildman–Crippen MR) is 64.0 cm³/mol. The first-order valence-electron chi connectivity index (χ1n) is 6.05. The number of hydrogen-bond donors (Lipinski definition) is 2. The highest BCUT2D eigenvalue weighted by atomic mass is 16.3. The Labute approximate surface area is 93.9 Å². The van der Waals surface area contributed by atoms with Crippen LogP contribution in [0.2, 0.25) is 0 Å². The molecule has 0 spiro atoms. The Morgan fingerprint density at radius 3 is 2.80 bits per heavy atom. The van der Waals surface area contributed by atoms with Gasteiger partial charge in [-0.15, -0.1) is 0 Å². The molecule has 1 aliphatic rings. The van der Waals surface area contributed by atoms with Gasteiger partial charge >= 0.3 is 0 Å². The number of aliphatic hydroxyl groups is 1. The number of aliphatic hydroxyl groups excluding tert-OH is 1. The average Bonchev–Trinajstić information content (AvgIpc) is 2.52. The first kappa shape index (κ1) is 12.9. The van der Waals surface area contributed by atoms with Gasteiger partial charge in [-0.25, -0.2) is 0 Å². The quantitative estimate of drug-likeness (QED) is 0.690. The zero-order chi connectivity index (χ0) is 11.3. The van der Waals surface area contributed by atoms with Crippen LogP contribution in [0.25, 0.3) is 0 Å². The van der Waals surface area contributed by atoms with Crippen LogP contribution in [0.1, 0.15) is 26.7 Å². The van der Waals surface area contributed by atoms with Crippen LogP contribution in [-0.2, 0) is 0 Å². The summed E-state index contributed by atoms with van der Waals surface area (Å²) in [5, 5.41) is 12.2. The van der Waals surface area contributed by atoms with Crippen molar-refractivity contribution in [1.82, 2.24) is 10.2 Å². The molecule has 0 aromatic heterocycles. The maximum atomic E-state index is 8.90. The summed E-state index contributed by atoms with van der Waals surface area (Å²) in [6, 6.07) is 0. The first-order valence-corrected chi connectivity index (χ1v) is 6.05. The standard InChI is InChI=1S/C12H26N2O/c1-12(2,9-13-3)10-14-6-4-11(8-14)5-7-15/h11,13,15H,4-10H2,1-3H3. The van der Waals surface area contributed by atoms with Gasteiger partial charge in [0.1, 0.15) is 0 Å². The topological polar surface area (TPSA) is 35.5 Å². The summed E-state index contributed by atoms with van der Waals surface area (Å²) in [5.41, 5.74) is 0.350. The van der Waals surface area contributed by atoms with Gasteiger partial charge in [-0.1, -0.05) is 13.8 Å². The van der Waals surface area contributed by atoms with E-state index in [0.717, 1.165) is 25.4 Å². The summed E-state index contributed by atoms with van der Waals surface area (Å²) in [6.45, 7) is 9.57. The third-order valence-electron chi connectivity index (χ3n) is 3.21. The van der Waals surface area contributed by atoms with Crippen LogP contribution >= 0.6 is 0 Å². The lowest BCUT2D eigenvalue weighted by molar-refractivity contribution is 0.195. The maximum Gasteiger partial charge on any atom is 0.0434 e. The van der Waals surface area contributed by atoms with Crippen molar-refractivity contribution in [1.29, 1.82) is 0 Å². The Morgan fingerprint density at radius 1 is 1.47 bits per heavy atom. The monoisotopic (exact) mass is 214 g/mol. The molecule has 0 aromatic carbocycles. The molecule has 0 bridgehead atoms. The van der Waals surface area contributed by atoms with Gasteiger partial charge in [0.25, 0.3) is 0 Å². The second-order valence-corrected chi connectivity index (χ2v) is 5.60. The van der Waals surface area contributed by atoms with Crippen molar-refractivity contribution >= 4 is 0 Å². The zero-order valence-corrected chi connectivity index (χ0v) is 10.4. The van der Waals surface area contributed by atoms with Crippen LogP contribution in [0, 0.1) is 11.3 Å². The number of nitrogens with one attached hydrogen (secondary N) is 1. The third kappa shape index (κ3) is 4.49. The molecule has 3 nitrogen and oxygen atoms in total. The summed E-state index contributed by atoms with van der Waals surface area (Å²) >= 11 is 0. The van der Waals surface area contributed by atoms with Crippen molar-refractivity contribution in [2.45, 2.75) is 26.7 Å². The molecular weight excluding hydrogens is 188 g/mol. The lowest BCUT2D eigenvalue weighted by atomic mass is 9.93. The van der Waals surface area contributed by atoms with Crippen molar-refractivity contribution in [3.05, 3.63) is 0 Å². The Kier molecular flexibility index (Phi) is 5.03. The van der Waals surface area contributed by atoms with Crippen molar-refractivity contribution in [2.24, 2.45) is 11.3 Å². The van der Waals surface area contributed by atoms with Gasteiger partial charge < -0.3 is 15.3 Å². The molecule has 0 aromatic rings. The Balaban J connectivity index is 2.28. The summed E-state index contributed by atoms with van der Waals surface area (Å²) in [6.07, 6.45) is 2.24. The summed E-state index contributed by atoms with van der Waals surface area (Å²) < 4.78 is 0. The molecule has 90 valence electrons. The second kappa shape index (κ2) is 5.83. The molecule has 1 aliphatic heterocycles. The van der Waals surface area contributed by atoms with E-state index < -0.39 is 0 Å². The first-order chi connectivity index (χ1) is 7.07. The van der Waals surface area contributed by atoms with E-state index >= 15 is 0 Å². The van der Waals surface area contributed by atoms with E-state index in [1.165, 1.54) is 19.5 Å². The fourth-order valence-electron chi connectivity index (χ4n) is 2.61. The minimum Gasteiger partial charge on any atom is -0.396 e. The molecule has 1 saturated heterocycles. The maximum absolute atomic E-state index is 8.90. The summed E-state index contributed by atoms with van der Waals surface area (Å²) in [4.78, 5) is 2.54. The fourth-order valence-corrected chi connectivity index (χ4v) is 2.61. The van der Waals surface area contributed by atoms with Crippen LogP contribution in [0.4, 0.5) is 0 Å². The predicted octanol–water partition coefficient (Wildman–Crippen LogP) is 0.936. The molecule has 1 fully saturated rings. The third-order valence-corrected chi connectivity index (χ3v) is 3.21. The number of hydrogen-bond acceptors (Lipinski definition) is 3. The van der Waals surface area contributed by atoms with Gasteiger partial charge in [-0.3, -0.25) is 0 Å². The van der Waals surface area contributed by atoms with Crippen LogP contribution < -0.4 is 5.32 Å². The van der Waals surface area contributed by atoms with Crippen molar-refractivity contribution in [2.75, 3.05) is 39.8 Å². The lowest BCUT2D eigenvalue weighted by Crippen LogP contribution is -2.38. The Hall–Kier alpha value is -0.120. The molecule has 0 radical (unpaired) electrons. The number of likely N-dealkylation sites (tertiary alicyclic amines) is 1. The van der Waals surface area contributed by atoms with E-state index in [0.29, 0.717) is 12.0 Å². The SMILES string of the molecule is CNCC(C)(C)CN1CCC(CCO)C1. The van der Waals surface area contributed by atoms with Crippen molar-refractivity contribution in [3.63, 3.8) is 0 Å². The zero-order valence-electron chi connectivity index (χ0n) is 10.4. The molecule has 0 aliphatic carbocycles. The number of nitrogens with zero attached hydrogens (tertiary/aromatic N) is 1. The highest BCUT2D eigenvalue weighted by molar-refractivity contribution is 4.81. The van der Waals surface area contributed by atoms with Gasteiger partial charge in [0, 0.05) is 26.2 Å². The molecule has 1 rings (SSSR count). The van der Waals surface area contributed by atoms with Crippen molar-refractivity contribution in [3.8, 4) is 0 Å². The van der Waals surface area contributed by atoms with Gasteiger partial charge in [0.15, 0.2) is 0 Å². The Morgan fingerprint density at radius 2 is 2.20 bits per heavy atom. The van der Waals surface area contributed by atoms with Crippen LogP contribution in [0.15, 0.2) is 0 Å². The average molecular weight is 214 g/mol. The van der Waals surface area contributed by atoms with Crippen LogP contribution in [0.5, 0.6) is 0 Å². The summed E-state index contributed by atoms with van der Waals surface area (Å²) in [5.74, 6) is 0.723. The largest absolute Gasteiger partial charge is 0.396 e. The van der Waals surface area contributed by atoms with Gasteiger partial charge in [-0.05, 0) is 37.8 Å². The molecule has 0 amide bonds. The van der Waals surface area contributed by atoms with E-state index in [9.17, 15) is 0 Å². The smallest absolute Gasteiger partial charge is 0.0434 e. The minimum atomic E-state index is 0.346. The molecule has 3 heteroatoms. The van der Waals surface area contributed by atoms with E-state index in [-0.39, 0.29) is 0 Å². The van der Waals surface area contributed by atoms with Gasteiger partial charge in [0.2, 0.25) is 0 Å². The normalized spacial score (nSPS) is 23.6. The molecular formula is C12H26N2O. The van der Waals surface area contributed by atoms with Crippen molar-refractivity contribution < 1.29 is 5.11 Å². The van der Waals surface area contributed by atoms with Crippen LogP contribution in [0.3, 0.4) is 0 Å². The van der Waals surface area contributed by atoms with E-state index in [1.54, 1.807) is 0 Å². The molecule has 1 heterocycles. The van der Waals surface area contributed by atoms with Crippen LogP contribution in [-0.4, -0.2) is 49.8 Å². The van der Waals surface area contributed by atoms with E-state index in [1.807, 2.05) is 7.05 Å². The minimum absolute atomic E-state index is 0.346. The molecule has 1 unspecified atom stereocenters. The number of rotatable bonds is 6. The highest BCUT2D eigenvalue weighted by Crippen LogP contribution is 2.23. The summed E-state index contributed by atoms with van der Waals surface area (Å²) in [7, 11) is 2.01. The molecule has 2 N–H and O–H groups in total. The highest BCUT2D eigenvalue weighted by Gasteiger charge is 2.27. The fraction of sp³-hybridized carbons (Fsp3) is 1.00. The van der Waals surface area contributed by atoms with E-state index in [2.05, 4.69) is 24.1 Å². The lowest BCUT2D eigenvalue weighted by Gasteiger charge is -2.30. The van der Waals surface area contributed by atoms with Gasteiger partial charge in [0.05, 0.1) is 0 Å². The second-order valence-electron chi connectivity index (χ2n) is 5.60. The molecule has 1 atom stereocenters.